The van der Waals surface area contributed by atoms with E-state index in [1.165, 1.54) is 0 Å². The molecule has 0 amide bonds. The number of anilines is 2. The Morgan fingerprint density at radius 2 is 2.00 bits per heavy atom. The Hall–Kier alpha value is -1.96. The molecule has 0 atom stereocenters. The summed E-state index contributed by atoms with van der Waals surface area (Å²) < 4.78 is 0. The molecule has 0 aliphatic heterocycles. The molecule has 0 radical (unpaired) electrons. The minimum absolute atomic E-state index is 0.118. The van der Waals surface area contributed by atoms with Gasteiger partial charge in [0.05, 0.1) is 4.92 Å². The van der Waals surface area contributed by atoms with Crippen LogP contribution in [0.3, 0.4) is 0 Å². The highest BCUT2D eigenvalue weighted by Gasteiger charge is 2.22. The summed E-state index contributed by atoms with van der Waals surface area (Å²) in [5.41, 5.74) is 2.97. The SMILES string of the molecule is CNc1nc(C)c([N+](=O)[O-])c(NN(C)C)n1. The van der Waals surface area contributed by atoms with E-state index in [1.807, 2.05) is 0 Å². The van der Waals surface area contributed by atoms with Gasteiger partial charge in [-0.15, -0.1) is 0 Å². The van der Waals surface area contributed by atoms with Crippen LogP contribution in [0.1, 0.15) is 5.69 Å². The second-order valence-corrected chi connectivity index (χ2v) is 3.34. The molecule has 0 aliphatic carbocycles. The van der Waals surface area contributed by atoms with E-state index < -0.39 is 4.92 Å². The number of aromatic nitrogens is 2. The molecule has 0 fully saturated rings. The quantitative estimate of drug-likeness (QED) is 0.574. The summed E-state index contributed by atoms with van der Waals surface area (Å²) in [5.74, 6) is 0.513. The predicted molar refractivity (Wildman–Crippen MR) is 60.3 cm³/mol. The first-order valence-electron chi connectivity index (χ1n) is 4.60. The molecule has 0 saturated carbocycles. The number of nitro groups is 1. The molecule has 1 aromatic rings. The Kier molecular flexibility index (Phi) is 3.56. The number of hydrazine groups is 1. The zero-order valence-corrected chi connectivity index (χ0v) is 9.61. The lowest BCUT2D eigenvalue weighted by Crippen LogP contribution is -2.22. The van der Waals surface area contributed by atoms with Crippen LogP contribution in [0.25, 0.3) is 0 Å². The van der Waals surface area contributed by atoms with Crippen LogP contribution in [0.5, 0.6) is 0 Å². The van der Waals surface area contributed by atoms with Gasteiger partial charge in [0.25, 0.3) is 0 Å². The Morgan fingerprint density at radius 3 is 2.44 bits per heavy atom. The van der Waals surface area contributed by atoms with Crippen LogP contribution in [0.2, 0.25) is 0 Å². The topological polar surface area (TPSA) is 96.2 Å². The second kappa shape index (κ2) is 4.71. The van der Waals surface area contributed by atoms with Crippen molar-refractivity contribution in [2.75, 3.05) is 31.9 Å². The summed E-state index contributed by atoms with van der Waals surface area (Å²) in [6.07, 6.45) is 0. The van der Waals surface area contributed by atoms with E-state index in [4.69, 9.17) is 0 Å². The first-order valence-corrected chi connectivity index (χ1v) is 4.60. The van der Waals surface area contributed by atoms with Gasteiger partial charge in [0.1, 0.15) is 5.69 Å². The highest BCUT2D eigenvalue weighted by atomic mass is 16.6. The highest BCUT2D eigenvalue weighted by molar-refractivity contribution is 5.60. The smallest absolute Gasteiger partial charge is 0.333 e. The number of rotatable bonds is 4. The van der Waals surface area contributed by atoms with Gasteiger partial charge in [0, 0.05) is 21.1 Å². The number of aryl methyl sites for hydroxylation is 1. The van der Waals surface area contributed by atoms with Gasteiger partial charge in [-0.3, -0.25) is 15.5 Å². The first kappa shape index (κ1) is 12.1. The largest absolute Gasteiger partial charge is 0.357 e. The average Bonchev–Trinajstić information content (AvgIpc) is 2.14. The number of hydrogen-bond acceptors (Lipinski definition) is 7. The minimum Gasteiger partial charge on any atom is -0.357 e. The van der Waals surface area contributed by atoms with E-state index in [2.05, 4.69) is 20.7 Å². The maximum absolute atomic E-state index is 10.9. The number of hydrogen-bond donors (Lipinski definition) is 2. The minimum atomic E-state index is -0.499. The van der Waals surface area contributed by atoms with E-state index in [-0.39, 0.29) is 11.5 Å². The van der Waals surface area contributed by atoms with Gasteiger partial charge in [-0.1, -0.05) is 0 Å². The molecular weight excluding hydrogens is 212 g/mol. The van der Waals surface area contributed by atoms with Gasteiger partial charge in [0.15, 0.2) is 0 Å². The molecule has 8 nitrogen and oxygen atoms in total. The van der Waals surface area contributed by atoms with Crippen molar-refractivity contribution in [3.63, 3.8) is 0 Å². The third-order valence-electron chi connectivity index (χ3n) is 1.79. The molecule has 2 N–H and O–H groups in total. The molecule has 0 saturated heterocycles. The van der Waals surface area contributed by atoms with Crippen molar-refractivity contribution in [2.24, 2.45) is 0 Å². The predicted octanol–water partition coefficient (Wildman–Crippen LogP) is 0.623. The van der Waals surface area contributed by atoms with Crippen molar-refractivity contribution < 1.29 is 4.92 Å². The summed E-state index contributed by atoms with van der Waals surface area (Å²) in [7, 11) is 5.10. The summed E-state index contributed by atoms with van der Waals surface area (Å²) in [5, 5.41) is 15.2. The van der Waals surface area contributed by atoms with Crippen LogP contribution in [0.15, 0.2) is 0 Å². The van der Waals surface area contributed by atoms with Gasteiger partial charge in [-0.25, -0.2) is 9.99 Å². The molecule has 0 bridgehead atoms. The van der Waals surface area contributed by atoms with E-state index in [0.29, 0.717) is 11.6 Å². The molecule has 1 rings (SSSR count). The van der Waals surface area contributed by atoms with E-state index in [1.54, 1.807) is 33.1 Å². The van der Waals surface area contributed by atoms with Crippen LogP contribution in [-0.2, 0) is 0 Å². The number of nitrogens with one attached hydrogen (secondary N) is 2. The Bertz CT molecular complexity index is 406. The van der Waals surface area contributed by atoms with E-state index in [0.717, 1.165) is 0 Å². The van der Waals surface area contributed by atoms with Crippen LogP contribution < -0.4 is 10.7 Å². The summed E-state index contributed by atoms with van der Waals surface area (Å²) in [6.45, 7) is 1.57. The van der Waals surface area contributed by atoms with Crippen molar-refractivity contribution in [3.8, 4) is 0 Å². The zero-order valence-electron chi connectivity index (χ0n) is 9.61. The normalized spacial score (nSPS) is 10.3. The molecule has 88 valence electrons. The van der Waals surface area contributed by atoms with E-state index >= 15 is 0 Å². The molecule has 1 heterocycles. The Labute approximate surface area is 92.8 Å². The molecule has 0 aliphatic rings. The lowest BCUT2D eigenvalue weighted by Gasteiger charge is -2.13. The third kappa shape index (κ3) is 2.54. The summed E-state index contributed by atoms with van der Waals surface area (Å²) in [6, 6.07) is 0. The van der Waals surface area contributed by atoms with Crippen LogP contribution >= 0.6 is 0 Å². The Morgan fingerprint density at radius 1 is 1.38 bits per heavy atom. The van der Waals surface area contributed by atoms with Gasteiger partial charge in [0.2, 0.25) is 11.8 Å². The van der Waals surface area contributed by atoms with Gasteiger partial charge >= 0.3 is 5.69 Å². The molecular formula is C8H14N6O2. The highest BCUT2D eigenvalue weighted by Crippen LogP contribution is 2.26. The van der Waals surface area contributed by atoms with Gasteiger partial charge in [-0.05, 0) is 6.92 Å². The fraction of sp³-hybridized carbons (Fsp3) is 0.500. The second-order valence-electron chi connectivity index (χ2n) is 3.34. The van der Waals surface area contributed by atoms with Crippen molar-refractivity contribution in [1.29, 1.82) is 0 Å². The molecule has 1 aromatic heterocycles. The maximum Gasteiger partial charge on any atom is 0.333 e. The van der Waals surface area contributed by atoms with Crippen molar-refractivity contribution in [2.45, 2.75) is 6.92 Å². The maximum atomic E-state index is 10.9. The fourth-order valence-corrected chi connectivity index (χ4v) is 1.19. The first-order chi connectivity index (χ1) is 7.45. The lowest BCUT2D eigenvalue weighted by molar-refractivity contribution is -0.385. The molecule has 0 aromatic carbocycles. The van der Waals surface area contributed by atoms with Gasteiger partial charge in [-0.2, -0.15) is 4.98 Å². The fourth-order valence-electron chi connectivity index (χ4n) is 1.19. The monoisotopic (exact) mass is 226 g/mol. The average molecular weight is 226 g/mol. The lowest BCUT2D eigenvalue weighted by atomic mass is 10.3. The summed E-state index contributed by atoms with van der Waals surface area (Å²) >= 11 is 0. The van der Waals surface area contributed by atoms with Crippen molar-refractivity contribution >= 4 is 17.5 Å². The Balaban J connectivity index is 3.28. The molecule has 0 unspecified atom stereocenters. The molecule has 16 heavy (non-hydrogen) atoms. The van der Waals surface area contributed by atoms with Gasteiger partial charge < -0.3 is 5.32 Å². The van der Waals surface area contributed by atoms with Crippen molar-refractivity contribution in [3.05, 3.63) is 15.8 Å². The van der Waals surface area contributed by atoms with Crippen molar-refractivity contribution in [1.82, 2.24) is 15.0 Å². The summed E-state index contributed by atoms with van der Waals surface area (Å²) in [4.78, 5) is 18.3. The zero-order chi connectivity index (χ0) is 12.3. The standard InChI is InChI=1S/C8H14N6O2/c1-5-6(14(15)16)7(12-13(3)4)11-8(9-2)10-5/h1-4H3,(H2,9,10,11,12). The molecule has 0 spiro atoms. The van der Waals surface area contributed by atoms with Crippen LogP contribution in [0, 0.1) is 17.0 Å². The third-order valence-corrected chi connectivity index (χ3v) is 1.79. The van der Waals surface area contributed by atoms with Crippen LogP contribution in [-0.4, -0.2) is 41.0 Å². The number of nitrogens with zero attached hydrogens (tertiary/aromatic N) is 4. The van der Waals surface area contributed by atoms with E-state index in [9.17, 15) is 10.1 Å². The van der Waals surface area contributed by atoms with Crippen LogP contribution in [0.4, 0.5) is 17.5 Å². The molecule has 8 heteroatoms.